The van der Waals surface area contributed by atoms with Gasteiger partial charge in [0.25, 0.3) is 0 Å². The van der Waals surface area contributed by atoms with Crippen LogP contribution in [-0.2, 0) is 10.0 Å². The van der Waals surface area contributed by atoms with Crippen molar-refractivity contribution in [1.29, 1.82) is 0 Å². The molecule has 0 saturated carbocycles. The van der Waals surface area contributed by atoms with E-state index in [2.05, 4.69) is 0 Å². The van der Waals surface area contributed by atoms with E-state index >= 15 is 0 Å². The van der Waals surface area contributed by atoms with Gasteiger partial charge in [0.05, 0.1) is 20.3 Å². The van der Waals surface area contributed by atoms with Crippen LogP contribution in [0.3, 0.4) is 0 Å². The van der Waals surface area contributed by atoms with Gasteiger partial charge < -0.3 is 14.6 Å². The minimum absolute atomic E-state index is 0.0316. The molecule has 0 spiro atoms. The Morgan fingerprint density at radius 2 is 1.90 bits per heavy atom. The van der Waals surface area contributed by atoms with Gasteiger partial charge in [-0.05, 0) is 6.42 Å². The molecular formula is C12H16FNO5S. The lowest BCUT2D eigenvalue weighted by Crippen LogP contribution is -2.30. The molecule has 1 atom stereocenters. The number of benzene rings is 1. The number of hydrogen-bond donors (Lipinski definition) is 1. The van der Waals surface area contributed by atoms with Gasteiger partial charge in [0.2, 0.25) is 10.0 Å². The smallest absolute Gasteiger partial charge is 0.246 e. The summed E-state index contributed by atoms with van der Waals surface area (Å²) in [6.45, 7) is 0.132. The highest BCUT2D eigenvalue weighted by molar-refractivity contribution is 7.89. The quantitative estimate of drug-likeness (QED) is 0.881. The number of sulfonamides is 1. The van der Waals surface area contributed by atoms with E-state index in [9.17, 15) is 17.9 Å². The molecule has 0 aromatic heterocycles. The monoisotopic (exact) mass is 305 g/mol. The summed E-state index contributed by atoms with van der Waals surface area (Å²) < 4.78 is 49.6. The lowest BCUT2D eigenvalue weighted by molar-refractivity contribution is 0.189. The SMILES string of the molecule is COc1cc(F)c(S(=O)(=O)N2CC[C@H](O)C2)cc1OC. The van der Waals surface area contributed by atoms with Gasteiger partial charge in [-0.2, -0.15) is 4.31 Å². The molecule has 0 amide bonds. The molecule has 6 nitrogen and oxygen atoms in total. The molecule has 0 unspecified atom stereocenters. The fraction of sp³-hybridized carbons (Fsp3) is 0.500. The highest BCUT2D eigenvalue weighted by Crippen LogP contribution is 2.33. The molecular weight excluding hydrogens is 289 g/mol. The lowest BCUT2D eigenvalue weighted by atomic mass is 10.3. The standard InChI is InChI=1S/C12H16FNO5S/c1-18-10-5-9(13)12(6-11(10)19-2)20(16,17)14-4-3-8(15)7-14/h5-6,8,15H,3-4,7H2,1-2H3/t8-/m0/s1. The zero-order chi connectivity index (χ0) is 14.9. The summed E-state index contributed by atoms with van der Waals surface area (Å²) in [5.74, 6) is -0.665. The van der Waals surface area contributed by atoms with E-state index in [0.29, 0.717) is 6.42 Å². The Bertz CT molecular complexity index is 604. The van der Waals surface area contributed by atoms with E-state index in [1.54, 1.807) is 0 Å². The Morgan fingerprint density at radius 1 is 1.30 bits per heavy atom. The van der Waals surface area contributed by atoms with Crippen molar-refractivity contribution in [2.45, 2.75) is 17.4 Å². The van der Waals surface area contributed by atoms with Crippen molar-refractivity contribution in [3.05, 3.63) is 17.9 Å². The van der Waals surface area contributed by atoms with Crippen LogP contribution in [0.5, 0.6) is 11.5 Å². The van der Waals surface area contributed by atoms with Gasteiger partial charge in [0.1, 0.15) is 10.7 Å². The third-order valence-electron chi connectivity index (χ3n) is 3.18. The minimum atomic E-state index is -4.00. The van der Waals surface area contributed by atoms with E-state index in [4.69, 9.17) is 9.47 Å². The average molecular weight is 305 g/mol. The second-order valence-electron chi connectivity index (χ2n) is 4.44. The van der Waals surface area contributed by atoms with Gasteiger partial charge in [-0.1, -0.05) is 0 Å². The van der Waals surface area contributed by atoms with Crippen LogP contribution >= 0.6 is 0 Å². The van der Waals surface area contributed by atoms with Crippen LogP contribution in [0.4, 0.5) is 4.39 Å². The Hall–Kier alpha value is -1.38. The fourth-order valence-corrected chi connectivity index (χ4v) is 3.65. The Labute approximate surface area is 116 Å². The molecule has 0 aliphatic carbocycles. The molecule has 112 valence electrons. The maximum atomic E-state index is 14.0. The van der Waals surface area contributed by atoms with Crippen LogP contribution in [0.2, 0.25) is 0 Å². The molecule has 0 radical (unpaired) electrons. The summed E-state index contributed by atoms with van der Waals surface area (Å²) in [6, 6.07) is 2.06. The third-order valence-corrected chi connectivity index (χ3v) is 5.06. The van der Waals surface area contributed by atoms with Crippen molar-refractivity contribution in [3.8, 4) is 11.5 Å². The Balaban J connectivity index is 2.46. The molecule has 8 heteroatoms. The number of halogens is 1. The topological polar surface area (TPSA) is 76.1 Å². The van der Waals surface area contributed by atoms with Gasteiger partial charge in [0.15, 0.2) is 11.5 Å². The highest BCUT2D eigenvalue weighted by atomic mass is 32.2. The predicted molar refractivity (Wildman–Crippen MR) is 68.9 cm³/mol. The number of nitrogens with zero attached hydrogens (tertiary/aromatic N) is 1. The van der Waals surface area contributed by atoms with Crippen LogP contribution in [-0.4, -0.2) is 51.2 Å². The second kappa shape index (κ2) is 5.55. The van der Waals surface area contributed by atoms with Crippen LogP contribution in [0.25, 0.3) is 0 Å². The average Bonchev–Trinajstić information content (AvgIpc) is 2.85. The molecule has 1 saturated heterocycles. The molecule has 1 aromatic carbocycles. The van der Waals surface area contributed by atoms with Gasteiger partial charge in [-0.25, -0.2) is 12.8 Å². The van der Waals surface area contributed by atoms with Crippen LogP contribution in [0.15, 0.2) is 17.0 Å². The molecule has 1 aromatic rings. The molecule has 1 N–H and O–H groups in total. The largest absolute Gasteiger partial charge is 0.493 e. The zero-order valence-electron chi connectivity index (χ0n) is 11.2. The van der Waals surface area contributed by atoms with Gasteiger partial charge >= 0.3 is 0 Å². The Kier molecular flexibility index (Phi) is 4.17. The first-order valence-corrected chi connectivity index (χ1v) is 7.44. The van der Waals surface area contributed by atoms with E-state index < -0.39 is 26.8 Å². The van der Waals surface area contributed by atoms with E-state index in [1.165, 1.54) is 14.2 Å². The number of β-amino-alcohol motifs (C(OH)–C–C–N with tert-alkyl or cyclic N) is 1. The van der Waals surface area contributed by atoms with Crippen molar-refractivity contribution >= 4 is 10.0 Å². The first-order valence-electron chi connectivity index (χ1n) is 6.00. The first kappa shape index (κ1) is 15.0. The summed E-state index contributed by atoms with van der Waals surface area (Å²) in [4.78, 5) is -0.482. The molecule has 1 aliphatic rings. The van der Waals surface area contributed by atoms with Crippen LogP contribution in [0.1, 0.15) is 6.42 Å². The van der Waals surface area contributed by atoms with Crippen molar-refractivity contribution in [2.75, 3.05) is 27.3 Å². The second-order valence-corrected chi connectivity index (χ2v) is 6.35. The summed E-state index contributed by atoms with van der Waals surface area (Å²) in [6.07, 6.45) is -0.373. The van der Waals surface area contributed by atoms with Crippen molar-refractivity contribution < 1.29 is 27.4 Å². The molecule has 1 heterocycles. The number of aliphatic hydroxyl groups excluding tert-OH is 1. The molecule has 1 aliphatic heterocycles. The summed E-state index contributed by atoms with van der Waals surface area (Å²) >= 11 is 0. The summed E-state index contributed by atoms with van der Waals surface area (Å²) in [5, 5.41) is 9.42. The normalized spacial score (nSPS) is 20.1. The minimum Gasteiger partial charge on any atom is -0.493 e. The zero-order valence-corrected chi connectivity index (χ0v) is 12.0. The van der Waals surface area contributed by atoms with E-state index in [0.717, 1.165) is 16.4 Å². The van der Waals surface area contributed by atoms with Gasteiger partial charge in [-0.15, -0.1) is 0 Å². The predicted octanol–water partition coefficient (Wildman–Crippen LogP) is 0.598. The maximum Gasteiger partial charge on any atom is 0.246 e. The van der Waals surface area contributed by atoms with Crippen molar-refractivity contribution in [2.24, 2.45) is 0 Å². The molecule has 20 heavy (non-hydrogen) atoms. The van der Waals surface area contributed by atoms with Gasteiger partial charge in [-0.3, -0.25) is 0 Å². The number of rotatable bonds is 4. The van der Waals surface area contributed by atoms with E-state index in [-0.39, 0.29) is 24.6 Å². The number of hydrogen-bond acceptors (Lipinski definition) is 5. The van der Waals surface area contributed by atoms with Crippen LogP contribution in [0, 0.1) is 5.82 Å². The molecule has 1 fully saturated rings. The van der Waals surface area contributed by atoms with E-state index in [1.807, 2.05) is 0 Å². The maximum absolute atomic E-state index is 14.0. The molecule has 2 rings (SSSR count). The highest BCUT2D eigenvalue weighted by Gasteiger charge is 2.34. The van der Waals surface area contributed by atoms with Crippen LogP contribution < -0.4 is 9.47 Å². The van der Waals surface area contributed by atoms with Gasteiger partial charge in [0, 0.05) is 25.2 Å². The first-order chi connectivity index (χ1) is 9.40. The molecule has 0 bridgehead atoms. The number of ether oxygens (including phenoxy) is 2. The lowest BCUT2D eigenvalue weighted by Gasteiger charge is -2.17. The Morgan fingerprint density at radius 3 is 2.40 bits per heavy atom. The number of methoxy groups -OCH3 is 2. The summed E-state index contributed by atoms with van der Waals surface area (Å²) in [7, 11) is -1.32. The fourth-order valence-electron chi connectivity index (χ4n) is 2.10. The summed E-state index contributed by atoms with van der Waals surface area (Å²) in [5.41, 5.74) is 0. The van der Waals surface area contributed by atoms with Crippen molar-refractivity contribution in [1.82, 2.24) is 4.31 Å². The van der Waals surface area contributed by atoms with Crippen molar-refractivity contribution in [3.63, 3.8) is 0 Å². The number of aliphatic hydroxyl groups is 1. The third kappa shape index (κ3) is 2.58.